The van der Waals surface area contributed by atoms with Crippen molar-refractivity contribution in [2.24, 2.45) is 5.41 Å². The molecule has 2 rings (SSSR count). The van der Waals surface area contributed by atoms with Crippen LogP contribution in [0.4, 0.5) is 14.5 Å². The number of rotatable bonds is 4. The number of anilines is 1. The van der Waals surface area contributed by atoms with Crippen molar-refractivity contribution in [3.8, 4) is 0 Å². The molecule has 0 radical (unpaired) electrons. The van der Waals surface area contributed by atoms with Gasteiger partial charge in [-0.1, -0.05) is 12.1 Å². The Morgan fingerprint density at radius 3 is 2.50 bits per heavy atom. The number of carboxylic acids is 1. The van der Waals surface area contributed by atoms with Crippen molar-refractivity contribution >= 4 is 17.6 Å². The number of benzene rings is 1. The molecule has 0 saturated heterocycles. The maximum absolute atomic E-state index is 13.1. The van der Waals surface area contributed by atoms with Crippen molar-refractivity contribution in [1.82, 2.24) is 0 Å². The minimum atomic E-state index is -2.97. The Hall–Kier alpha value is -1.98. The fourth-order valence-corrected chi connectivity index (χ4v) is 1.94. The number of aliphatic carboxylic acids is 1. The number of halogens is 2. The molecule has 2 N–H and O–H groups in total. The van der Waals surface area contributed by atoms with Crippen LogP contribution in [0.5, 0.6) is 0 Å². The first kappa shape index (κ1) is 14.4. The van der Waals surface area contributed by atoms with Crippen LogP contribution in [0.3, 0.4) is 0 Å². The van der Waals surface area contributed by atoms with Crippen LogP contribution in [-0.2, 0) is 9.59 Å². The summed E-state index contributed by atoms with van der Waals surface area (Å²) in [6.45, 7) is 2.73. The molecule has 2 atom stereocenters. The van der Waals surface area contributed by atoms with Gasteiger partial charge >= 0.3 is 5.97 Å². The summed E-state index contributed by atoms with van der Waals surface area (Å²) in [4.78, 5) is 22.7. The van der Waals surface area contributed by atoms with E-state index in [1.54, 1.807) is 18.2 Å². The van der Waals surface area contributed by atoms with E-state index in [0.717, 1.165) is 0 Å². The van der Waals surface area contributed by atoms with Gasteiger partial charge in [-0.25, -0.2) is 8.78 Å². The lowest BCUT2D eigenvalue weighted by Gasteiger charge is -2.13. The molecule has 2 unspecified atom stereocenters. The van der Waals surface area contributed by atoms with Gasteiger partial charge in [-0.15, -0.1) is 0 Å². The zero-order valence-corrected chi connectivity index (χ0v) is 11.1. The Balaban J connectivity index is 2.13. The maximum atomic E-state index is 13.1. The Labute approximate surface area is 114 Å². The highest BCUT2D eigenvalue weighted by Gasteiger charge is 2.72. The largest absolute Gasteiger partial charge is 0.481 e. The van der Waals surface area contributed by atoms with Crippen LogP contribution in [0, 0.1) is 5.41 Å². The maximum Gasteiger partial charge on any atom is 0.310 e. The molecule has 4 nitrogen and oxygen atoms in total. The molecule has 0 spiro atoms. The Morgan fingerprint density at radius 1 is 1.40 bits per heavy atom. The second kappa shape index (κ2) is 4.54. The lowest BCUT2D eigenvalue weighted by Crippen LogP contribution is -2.26. The molecular formula is C14H15F2NO3. The number of hydrogen-bond donors (Lipinski definition) is 2. The van der Waals surface area contributed by atoms with E-state index in [9.17, 15) is 18.4 Å². The van der Waals surface area contributed by atoms with E-state index in [2.05, 4.69) is 5.32 Å². The summed E-state index contributed by atoms with van der Waals surface area (Å²) in [5.74, 6) is -5.44. The van der Waals surface area contributed by atoms with Gasteiger partial charge in [0.2, 0.25) is 5.91 Å². The minimum absolute atomic E-state index is 0.324. The van der Waals surface area contributed by atoms with E-state index in [-0.39, 0.29) is 0 Å². The van der Waals surface area contributed by atoms with E-state index in [1.165, 1.54) is 19.9 Å². The number of alkyl halides is 2. The molecule has 1 fully saturated rings. The second-order valence-corrected chi connectivity index (χ2v) is 5.35. The van der Waals surface area contributed by atoms with Crippen molar-refractivity contribution in [2.45, 2.75) is 32.1 Å². The molecule has 0 heterocycles. The SMILES string of the molecule is CC(C(=O)O)c1cccc(NC(=O)C2(C)CC2(F)F)c1. The third-order valence-electron chi connectivity index (χ3n) is 3.77. The number of carboxylic acid groups (broad SMARTS) is 1. The molecule has 1 aliphatic rings. The topological polar surface area (TPSA) is 66.4 Å². The first-order valence-corrected chi connectivity index (χ1v) is 6.19. The zero-order chi connectivity index (χ0) is 15.1. The van der Waals surface area contributed by atoms with E-state index in [1.807, 2.05) is 0 Å². The van der Waals surface area contributed by atoms with Gasteiger partial charge in [-0.2, -0.15) is 0 Å². The number of amides is 1. The van der Waals surface area contributed by atoms with Crippen molar-refractivity contribution in [2.75, 3.05) is 5.32 Å². The van der Waals surface area contributed by atoms with Gasteiger partial charge in [-0.05, 0) is 31.5 Å². The highest BCUT2D eigenvalue weighted by Crippen LogP contribution is 2.60. The molecular weight excluding hydrogens is 268 g/mol. The molecule has 1 saturated carbocycles. The lowest BCUT2D eigenvalue weighted by atomic mass is 10.0. The third-order valence-corrected chi connectivity index (χ3v) is 3.77. The lowest BCUT2D eigenvalue weighted by molar-refractivity contribution is -0.138. The van der Waals surface area contributed by atoms with Crippen LogP contribution in [0.25, 0.3) is 0 Å². The van der Waals surface area contributed by atoms with Crippen LogP contribution in [-0.4, -0.2) is 22.9 Å². The van der Waals surface area contributed by atoms with E-state index >= 15 is 0 Å². The number of nitrogens with one attached hydrogen (secondary N) is 1. The van der Waals surface area contributed by atoms with Gasteiger partial charge in [-0.3, -0.25) is 9.59 Å². The molecule has 20 heavy (non-hydrogen) atoms. The fourth-order valence-electron chi connectivity index (χ4n) is 1.94. The molecule has 0 bridgehead atoms. The van der Waals surface area contributed by atoms with Crippen molar-refractivity contribution in [3.05, 3.63) is 29.8 Å². The molecule has 0 aromatic heterocycles. The summed E-state index contributed by atoms with van der Waals surface area (Å²) in [6, 6.07) is 6.22. The smallest absolute Gasteiger partial charge is 0.310 e. The quantitative estimate of drug-likeness (QED) is 0.893. The predicted octanol–water partition coefficient (Wildman–Crippen LogP) is 2.86. The van der Waals surface area contributed by atoms with Crippen LogP contribution in [0.2, 0.25) is 0 Å². The monoisotopic (exact) mass is 283 g/mol. The van der Waals surface area contributed by atoms with Crippen LogP contribution in [0.15, 0.2) is 24.3 Å². The van der Waals surface area contributed by atoms with Crippen LogP contribution >= 0.6 is 0 Å². The Kier molecular flexibility index (Phi) is 3.28. The summed E-state index contributed by atoms with van der Waals surface area (Å²) >= 11 is 0. The molecule has 1 amide bonds. The predicted molar refractivity (Wildman–Crippen MR) is 68.8 cm³/mol. The minimum Gasteiger partial charge on any atom is -0.481 e. The molecule has 108 valence electrons. The summed E-state index contributed by atoms with van der Waals surface area (Å²) < 4.78 is 26.2. The number of carbonyl (C=O) groups is 2. The Bertz CT molecular complexity index is 573. The molecule has 1 aromatic rings. The zero-order valence-electron chi connectivity index (χ0n) is 11.1. The highest BCUT2D eigenvalue weighted by molar-refractivity contribution is 5.98. The summed E-state index contributed by atoms with van der Waals surface area (Å²) in [7, 11) is 0. The van der Waals surface area contributed by atoms with Crippen molar-refractivity contribution in [1.29, 1.82) is 0 Å². The van der Waals surface area contributed by atoms with Gasteiger partial charge in [0.1, 0.15) is 5.41 Å². The molecule has 6 heteroatoms. The fraction of sp³-hybridized carbons (Fsp3) is 0.429. The number of hydrogen-bond acceptors (Lipinski definition) is 2. The first-order valence-electron chi connectivity index (χ1n) is 6.19. The van der Waals surface area contributed by atoms with Crippen molar-refractivity contribution in [3.63, 3.8) is 0 Å². The van der Waals surface area contributed by atoms with Gasteiger partial charge in [0.05, 0.1) is 5.92 Å². The standard InChI is InChI=1S/C14H15F2NO3/c1-8(11(18)19)9-4-3-5-10(6-9)17-12(20)13(2)7-14(13,15)16/h3-6,8H,7H2,1-2H3,(H,17,20)(H,18,19). The van der Waals surface area contributed by atoms with Gasteiger partial charge < -0.3 is 10.4 Å². The normalized spacial score (nSPS) is 24.8. The first-order chi connectivity index (χ1) is 9.17. The molecule has 1 aromatic carbocycles. The van der Waals surface area contributed by atoms with Crippen LogP contribution in [0.1, 0.15) is 31.7 Å². The third kappa shape index (κ3) is 2.37. The summed E-state index contributed by atoms with van der Waals surface area (Å²) in [5, 5.41) is 11.4. The molecule has 0 aliphatic heterocycles. The molecule has 1 aliphatic carbocycles. The average Bonchev–Trinajstić information content (AvgIpc) is 2.89. The van der Waals surface area contributed by atoms with Gasteiger partial charge in [0.15, 0.2) is 0 Å². The highest BCUT2D eigenvalue weighted by atomic mass is 19.3. The van der Waals surface area contributed by atoms with E-state index in [0.29, 0.717) is 11.3 Å². The summed E-state index contributed by atoms with van der Waals surface area (Å²) in [6.07, 6.45) is -0.461. The van der Waals surface area contributed by atoms with Crippen molar-refractivity contribution < 1.29 is 23.5 Å². The second-order valence-electron chi connectivity index (χ2n) is 5.35. The van der Waals surface area contributed by atoms with E-state index in [4.69, 9.17) is 5.11 Å². The summed E-state index contributed by atoms with van der Waals surface area (Å²) in [5.41, 5.74) is -0.839. The van der Waals surface area contributed by atoms with Gasteiger partial charge in [0, 0.05) is 12.1 Å². The van der Waals surface area contributed by atoms with Crippen LogP contribution < -0.4 is 5.32 Å². The van der Waals surface area contributed by atoms with E-state index < -0.39 is 35.6 Å². The Morgan fingerprint density at radius 2 is 2.00 bits per heavy atom. The van der Waals surface area contributed by atoms with Gasteiger partial charge in [0.25, 0.3) is 5.92 Å². The average molecular weight is 283 g/mol. The number of carbonyl (C=O) groups excluding carboxylic acids is 1.